The first-order valence-electron chi connectivity index (χ1n) is 5.80. The zero-order chi connectivity index (χ0) is 14.3. The molecule has 19 heavy (non-hydrogen) atoms. The molecule has 110 valence electrons. The van der Waals surface area contributed by atoms with Crippen LogP contribution in [0.1, 0.15) is 12.8 Å². The van der Waals surface area contributed by atoms with Gasteiger partial charge in [-0.05, 0) is 6.92 Å². The summed E-state index contributed by atoms with van der Waals surface area (Å²) in [6.07, 6.45) is -4.30. The molecule has 0 aliphatic heterocycles. The Bertz CT molecular complexity index is 370. The number of nitrogens with one attached hydrogen (secondary N) is 1. The minimum absolute atomic E-state index is 0.122. The van der Waals surface area contributed by atoms with Gasteiger partial charge < -0.3 is 19.4 Å². The summed E-state index contributed by atoms with van der Waals surface area (Å²) in [5.74, 6) is 0.242. The van der Waals surface area contributed by atoms with E-state index in [-0.39, 0.29) is 18.5 Å². The Morgan fingerprint density at radius 3 is 2.68 bits per heavy atom. The van der Waals surface area contributed by atoms with Gasteiger partial charge in [0.1, 0.15) is 6.54 Å². The van der Waals surface area contributed by atoms with Gasteiger partial charge in [-0.3, -0.25) is 0 Å². The Balaban J connectivity index is 2.51. The molecule has 0 aromatic carbocycles. The highest BCUT2D eigenvalue weighted by atomic mass is 19.4. The molecular formula is C10H17F3N4O2. The van der Waals surface area contributed by atoms with E-state index in [2.05, 4.69) is 15.5 Å². The molecule has 1 N–H and O–H groups in total. The van der Waals surface area contributed by atoms with Crippen LogP contribution in [-0.2, 0) is 11.3 Å². The molecule has 0 radical (unpaired) electrons. The first kappa shape index (κ1) is 15.7. The van der Waals surface area contributed by atoms with Crippen LogP contribution in [0, 0.1) is 0 Å². The van der Waals surface area contributed by atoms with Crippen LogP contribution in [0.2, 0.25) is 0 Å². The molecule has 1 aromatic rings. The van der Waals surface area contributed by atoms with Gasteiger partial charge in [0, 0.05) is 20.2 Å². The summed E-state index contributed by atoms with van der Waals surface area (Å²) in [6.45, 7) is 2.03. The van der Waals surface area contributed by atoms with E-state index < -0.39 is 12.7 Å². The quantitative estimate of drug-likeness (QED) is 0.723. The molecule has 0 amide bonds. The van der Waals surface area contributed by atoms with Crippen LogP contribution in [0.3, 0.4) is 0 Å². The predicted octanol–water partition coefficient (Wildman–Crippen LogP) is 1.19. The van der Waals surface area contributed by atoms with Gasteiger partial charge >= 0.3 is 12.2 Å². The number of ether oxygens (including phenoxy) is 1. The molecule has 0 saturated heterocycles. The van der Waals surface area contributed by atoms with Crippen LogP contribution in [0.15, 0.2) is 4.42 Å². The maximum absolute atomic E-state index is 12.3. The monoisotopic (exact) mass is 282 g/mol. The SMILES string of the molecule is CCN(CC(F)(F)F)c1nnc(CNCCOC)o1. The Morgan fingerprint density at radius 1 is 1.37 bits per heavy atom. The summed E-state index contributed by atoms with van der Waals surface area (Å²) >= 11 is 0. The number of aromatic nitrogens is 2. The van der Waals surface area contributed by atoms with E-state index >= 15 is 0 Å². The third-order valence-electron chi connectivity index (χ3n) is 2.24. The first-order chi connectivity index (χ1) is 8.96. The van der Waals surface area contributed by atoms with Crippen LogP contribution < -0.4 is 10.2 Å². The number of halogens is 3. The smallest absolute Gasteiger partial charge is 0.406 e. The summed E-state index contributed by atoms with van der Waals surface area (Å²) < 4.78 is 46.9. The van der Waals surface area contributed by atoms with Crippen molar-refractivity contribution in [3.05, 3.63) is 5.89 Å². The second-order valence-corrected chi connectivity index (χ2v) is 3.78. The molecule has 9 heteroatoms. The van der Waals surface area contributed by atoms with Crippen LogP contribution in [0.25, 0.3) is 0 Å². The summed E-state index contributed by atoms with van der Waals surface area (Å²) in [5.41, 5.74) is 0. The molecule has 6 nitrogen and oxygen atoms in total. The Kier molecular flexibility index (Phi) is 6.03. The van der Waals surface area contributed by atoms with Crippen molar-refractivity contribution in [3.63, 3.8) is 0 Å². The summed E-state index contributed by atoms with van der Waals surface area (Å²) in [5, 5.41) is 10.3. The fraction of sp³-hybridized carbons (Fsp3) is 0.800. The Morgan fingerprint density at radius 2 is 2.11 bits per heavy atom. The van der Waals surface area contributed by atoms with Gasteiger partial charge in [0.2, 0.25) is 5.89 Å². The van der Waals surface area contributed by atoms with Crippen molar-refractivity contribution >= 4 is 6.01 Å². The highest BCUT2D eigenvalue weighted by Crippen LogP contribution is 2.20. The molecular weight excluding hydrogens is 265 g/mol. The van der Waals surface area contributed by atoms with E-state index in [0.717, 1.165) is 4.90 Å². The normalized spacial score (nSPS) is 11.8. The van der Waals surface area contributed by atoms with Gasteiger partial charge in [-0.1, -0.05) is 5.10 Å². The van der Waals surface area contributed by atoms with Crippen molar-refractivity contribution in [1.82, 2.24) is 15.5 Å². The number of hydrogen-bond acceptors (Lipinski definition) is 6. The maximum atomic E-state index is 12.3. The van der Waals surface area contributed by atoms with Gasteiger partial charge in [0.15, 0.2) is 0 Å². The average Bonchev–Trinajstić information content (AvgIpc) is 2.79. The largest absolute Gasteiger partial charge is 0.407 e. The molecule has 1 rings (SSSR count). The molecule has 0 spiro atoms. The zero-order valence-corrected chi connectivity index (χ0v) is 10.8. The molecule has 0 saturated carbocycles. The molecule has 0 aliphatic rings. The summed E-state index contributed by atoms with van der Waals surface area (Å²) in [7, 11) is 1.57. The van der Waals surface area contributed by atoms with E-state index in [4.69, 9.17) is 9.15 Å². The molecule has 0 aliphatic carbocycles. The van der Waals surface area contributed by atoms with E-state index in [9.17, 15) is 13.2 Å². The van der Waals surface area contributed by atoms with Crippen molar-refractivity contribution in [1.29, 1.82) is 0 Å². The van der Waals surface area contributed by atoms with E-state index in [1.165, 1.54) is 0 Å². The molecule has 0 bridgehead atoms. The second-order valence-electron chi connectivity index (χ2n) is 3.78. The average molecular weight is 282 g/mol. The van der Waals surface area contributed by atoms with Crippen LogP contribution in [-0.4, -0.2) is 49.7 Å². The van der Waals surface area contributed by atoms with E-state index in [1.807, 2.05) is 0 Å². The van der Waals surface area contributed by atoms with Crippen LogP contribution in [0.4, 0.5) is 19.2 Å². The fourth-order valence-corrected chi connectivity index (χ4v) is 1.34. The third kappa shape index (κ3) is 5.88. The molecule has 1 aromatic heterocycles. The van der Waals surface area contributed by atoms with Crippen molar-refractivity contribution in [3.8, 4) is 0 Å². The topological polar surface area (TPSA) is 63.4 Å². The van der Waals surface area contributed by atoms with Crippen molar-refractivity contribution in [2.24, 2.45) is 0 Å². The molecule has 0 fully saturated rings. The lowest BCUT2D eigenvalue weighted by Gasteiger charge is -2.19. The number of alkyl halides is 3. The standard InChI is InChI=1S/C10H17F3N4O2/c1-3-17(7-10(11,12)13)9-16-15-8(19-9)6-14-4-5-18-2/h14H,3-7H2,1-2H3. The van der Waals surface area contributed by atoms with Crippen molar-refractivity contribution in [2.75, 3.05) is 38.3 Å². The van der Waals surface area contributed by atoms with Crippen LogP contribution >= 0.6 is 0 Å². The molecule has 0 unspecified atom stereocenters. The van der Waals surface area contributed by atoms with Gasteiger partial charge in [-0.25, -0.2) is 0 Å². The van der Waals surface area contributed by atoms with Crippen molar-refractivity contribution < 1.29 is 22.3 Å². The van der Waals surface area contributed by atoms with Gasteiger partial charge in [0.25, 0.3) is 0 Å². The minimum atomic E-state index is -4.30. The molecule has 0 atom stereocenters. The summed E-state index contributed by atoms with van der Waals surface area (Å²) in [6, 6.07) is -0.122. The van der Waals surface area contributed by atoms with Gasteiger partial charge in [-0.15, -0.1) is 5.10 Å². The van der Waals surface area contributed by atoms with E-state index in [0.29, 0.717) is 19.7 Å². The zero-order valence-electron chi connectivity index (χ0n) is 10.8. The predicted molar refractivity (Wildman–Crippen MR) is 61.8 cm³/mol. The lowest BCUT2D eigenvalue weighted by molar-refractivity contribution is -0.120. The number of hydrogen-bond donors (Lipinski definition) is 1. The Labute approximate surface area is 108 Å². The number of rotatable bonds is 8. The molecule has 1 heterocycles. The second kappa shape index (κ2) is 7.29. The van der Waals surface area contributed by atoms with Gasteiger partial charge in [-0.2, -0.15) is 13.2 Å². The highest BCUT2D eigenvalue weighted by molar-refractivity contribution is 5.23. The Hall–Kier alpha value is -1.35. The van der Waals surface area contributed by atoms with Crippen LogP contribution in [0.5, 0.6) is 0 Å². The minimum Gasteiger partial charge on any atom is -0.407 e. The highest BCUT2D eigenvalue weighted by Gasteiger charge is 2.32. The number of anilines is 1. The van der Waals surface area contributed by atoms with Gasteiger partial charge in [0.05, 0.1) is 13.2 Å². The lowest BCUT2D eigenvalue weighted by atomic mass is 10.5. The lowest BCUT2D eigenvalue weighted by Crippen LogP contribution is -2.34. The number of nitrogens with zero attached hydrogens (tertiary/aromatic N) is 3. The third-order valence-corrected chi connectivity index (χ3v) is 2.24. The fourth-order valence-electron chi connectivity index (χ4n) is 1.34. The van der Waals surface area contributed by atoms with E-state index in [1.54, 1.807) is 14.0 Å². The maximum Gasteiger partial charge on any atom is 0.406 e. The first-order valence-corrected chi connectivity index (χ1v) is 5.80. The number of methoxy groups -OCH3 is 1. The van der Waals surface area contributed by atoms with Crippen molar-refractivity contribution in [2.45, 2.75) is 19.6 Å². The summed E-state index contributed by atoms with van der Waals surface area (Å²) in [4.78, 5) is 0.978.